The van der Waals surface area contributed by atoms with Crippen LogP contribution in [0.2, 0.25) is 0 Å². The number of hydrazine groups is 1. The van der Waals surface area contributed by atoms with Crippen LogP contribution in [-0.4, -0.2) is 49.3 Å². The molecule has 0 saturated carbocycles. The molecule has 1 amide bonds. The minimum atomic E-state index is -1.52. The van der Waals surface area contributed by atoms with Crippen LogP contribution in [0, 0.1) is 0 Å². The number of nitrogens with zero attached hydrogens (tertiary/aromatic N) is 4. The van der Waals surface area contributed by atoms with E-state index in [1.807, 2.05) is 103 Å². The summed E-state index contributed by atoms with van der Waals surface area (Å²) in [6, 6.07) is 40.2. The maximum absolute atomic E-state index is 14.7. The zero-order valence-corrected chi connectivity index (χ0v) is 28.8. The molecule has 52 heavy (non-hydrogen) atoms. The van der Waals surface area contributed by atoms with E-state index in [1.165, 1.54) is 0 Å². The van der Waals surface area contributed by atoms with E-state index in [-0.39, 0.29) is 18.9 Å². The topological polar surface area (TPSA) is 150 Å². The molecule has 6 rings (SSSR count). The summed E-state index contributed by atoms with van der Waals surface area (Å²) in [5.41, 5.74) is 19.4. The van der Waals surface area contributed by atoms with Gasteiger partial charge in [-0.2, -0.15) is 0 Å². The third kappa shape index (κ3) is 8.42. The summed E-state index contributed by atoms with van der Waals surface area (Å²) in [6.45, 7) is 0.863. The first-order chi connectivity index (χ1) is 25.5. The molecule has 0 unspecified atom stereocenters. The summed E-state index contributed by atoms with van der Waals surface area (Å²) < 4.78 is 17.8. The molecule has 1 aliphatic heterocycles. The molecule has 1 aliphatic rings. The highest BCUT2D eigenvalue weighted by molar-refractivity contribution is 6.01. The average Bonchev–Trinajstić information content (AvgIpc) is 3.58. The fraction of sp³-hybridized carbons (Fsp3) is 0.220. The first-order valence-electron chi connectivity index (χ1n) is 17.1. The monoisotopic (exact) mass is 696 g/mol. The number of carbonyl (C=O) groups is 1. The van der Waals surface area contributed by atoms with Crippen molar-refractivity contribution in [1.82, 2.24) is 10.9 Å². The van der Waals surface area contributed by atoms with Gasteiger partial charge in [0, 0.05) is 42.2 Å². The molecular weight excluding hydrogens is 656 g/mol. The summed E-state index contributed by atoms with van der Waals surface area (Å²) in [7, 11) is 1.63. The summed E-state index contributed by atoms with van der Waals surface area (Å²) >= 11 is 0. The Morgan fingerprint density at radius 2 is 1.63 bits per heavy atom. The molecule has 0 aliphatic carbocycles. The largest absolute Gasteiger partial charge is 0.497 e. The van der Waals surface area contributed by atoms with Crippen LogP contribution in [0.25, 0.3) is 21.6 Å². The molecule has 0 spiro atoms. The summed E-state index contributed by atoms with van der Waals surface area (Å²) in [5, 5.41) is 13.1. The maximum atomic E-state index is 14.7. The van der Waals surface area contributed by atoms with Crippen LogP contribution < -0.4 is 20.3 Å². The van der Waals surface area contributed by atoms with Gasteiger partial charge in [0.1, 0.15) is 11.5 Å². The number of azide groups is 1. The highest BCUT2D eigenvalue weighted by atomic mass is 16.5. The van der Waals surface area contributed by atoms with Gasteiger partial charge in [0.05, 0.1) is 13.7 Å². The Kier molecular flexibility index (Phi) is 11.8. The van der Waals surface area contributed by atoms with Crippen molar-refractivity contribution in [3.63, 3.8) is 0 Å². The molecule has 0 radical (unpaired) electrons. The van der Waals surface area contributed by atoms with Gasteiger partial charge in [-0.05, 0) is 76.2 Å². The Morgan fingerprint density at radius 3 is 2.38 bits per heavy atom. The van der Waals surface area contributed by atoms with Gasteiger partial charge >= 0.3 is 0 Å². The van der Waals surface area contributed by atoms with Crippen LogP contribution in [0.1, 0.15) is 34.8 Å². The van der Waals surface area contributed by atoms with E-state index in [4.69, 9.17) is 24.3 Å². The quantitative estimate of drug-likeness (QED) is 0.0321. The lowest BCUT2D eigenvalue weighted by molar-refractivity contribution is -0.130. The lowest BCUT2D eigenvalue weighted by Crippen LogP contribution is -2.54. The summed E-state index contributed by atoms with van der Waals surface area (Å²) in [6.07, 6.45) is 0.367. The van der Waals surface area contributed by atoms with Crippen molar-refractivity contribution in [2.45, 2.75) is 30.9 Å². The number of aliphatic hydroxyl groups excluding tert-OH is 1. The zero-order valence-electron chi connectivity index (χ0n) is 28.8. The number of carbonyl (C=O) groups excluding carboxylic acids is 1. The van der Waals surface area contributed by atoms with Crippen molar-refractivity contribution in [3.8, 4) is 22.6 Å². The Bertz CT molecular complexity index is 2030. The Balaban J connectivity index is 1.37. The zero-order chi connectivity index (χ0) is 36.2. The Morgan fingerprint density at radius 1 is 0.904 bits per heavy atom. The molecule has 1 heterocycles. The van der Waals surface area contributed by atoms with Gasteiger partial charge in [0.2, 0.25) is 5.90 Å². The van der Waals surface area contributed by atoms with Gasteiger partial charge in [0.25, 0.3) is 5.91 Å². The molecule has 0 saturated heterocycles. The van der Waals surface area contributed by atoms with E-state index in [2.05, 4.69) is 20.9 Å². The molecule has 11 heteroatoms. The fourth-order valence-corrected chi connectivity index (χ4v) is 6.15. The van der Waals surface area contributed by atoms with Crippen molar-refractivity contribution < 1.29 is 24.1 Å². The van der Waals surface area contributed by atoms with E-state index in [1.54, 1.807) is 31.4 Å². The number of aliphatic imine (C=N–C) groups is 1. The van der Waals surface area contributed by atoms with Crippen LogP contribution in [0.5, 0.6) is 11.5 Å². The number of aliphatic hydroxyl groups is 1. The smallest absolute Gasteiger partial charge is 0.266 e. The van der Waals surface area contributed by atoms with Gasteiger partial charge in [0.15, 0.2) is 11.6 Å². The average molecular weight is 697 g/mol. The Hall–Kier alpha value is -6.13. The van der Waals surface area contributed by atoms with Gasteiger partial charge in [-0.3, -0.25) is 10.2 Å². The van der Waals surface area contributed by atoms with Gasteiger partial charge in [-0.1, -0.05) is 96.1 Å². The van der Waals surface area contributed by atoms with Crippen molar-refractivity contribution >= 4 is 17.5 Å². The molecule has 5 aromatic carbocycles. The predicted molar refractivity (Wildman–Crippen MR) is 200 cm³/mol. The van der Waals surface area contributed by atoms with Crippen LogP contribution in [0.15, 0.2) is 138 Å². The second-order valence-corrected chi connectivity index (χ2v) is 12.3. The normalized spacial score (nSPS) is 16.3. The number of amides is 1. The molecular formula is C41H40N6O5. The molecule has 5 aromatic rings. The van der Waals surface area contributed by atoms with Crippen molar-refractivity contribution in [3.05, 3.63) is 160 Å². The van der Waals surface area contributed by atoms with Gasteiger partial charge in [-0.25, -0.2) is 10.4 Å². The molecule has 0 aromatic heterocycles. The minimum Gasteiger partial charge on any atom is -0.497 e. The molecule has 0 bridgehead atoms. The maximum Gasteiger partial charge on any atom is 0.266 e. The lowest BCUT2D eigenvalue weighted by atomic mass is 9.81. The number of rotatable bonds is 16. The van der Waals surface area contributed by atoms with Crippen LogP contribution in [0.4, 0.5) is 5.69 Å². The SMILES string of the molecule is COc1cccc(CCNNC(=O)[C@@]2(Cc3ccccc3N=[N+]=[N-])N=C(c3ccc(OCCCO)cc3)O[C@H]2c2ccc(-c3ccccc3)cc2)c1. The molecule has 0 fully saturated rings. The van der Waals surface area contributed by atoms with Crippen LogP contribution in [-0.2, 0) is 22.4 Å². The fourth-order valence-electron chi connectivity index (χ4n) is 6.15. The van der Waals surface area contributed by atoms with Crippen molar-refractivity contribution in [1.29, 1.82) is 0 Å². The third-order valence-electron chi connectivity index (χ3n) is 8.83. The number of hydrogen-bond acceptors (Lipinski definition) is 8. The second-order valence-electron chi connectivity index (χ2n) is 12.3. The van der Waals surface area contributed by atoms with E-state index >= 15 is 0 Å². The van der Waals surface area contributed by atoms with Crippen LogP contribution >= 0.6 is 0 Å². The number of methoxy groups -OCH3 is 1. The van der Waals surface area contributed by atoms with Crippen molar-refractivity contribution in [2.24, 2.45) is 10.1 Å². The molecule has 3 N–H and O–H groups in total. The molecule has 2 atom stereocenters. The predicted octanol–water partition coefficient (Wildman–Crippen LogP) is 7.43. The Labute approximate surface area is 302 Å². The third-order valence-corrected chi connectivity index (χ3v) is 8.83. The number of ether oxygens (including phenoxy) is 3. The van der Waals surface area contributed by atoms with Crippen molar-refractivity contribution in [2.75, 3.05) is 26.9 Å². The lowest BCUT2D eigenvalue weighted by Gasteiger charge is -2.31. The first kappa shape index (κ1) is 35.7. The highest BCUT2D eigenvalue weighted by Crippen LogP contribution is 2.44. The minimum absolute atomic E-state index is 0.0409. The molecule has 11 nitrogen and oxygen atoms in total. The molecule has 264 valence electrons. The summed E-state index contributed by atoms with van der Waals surface area (Å²) in [4.78, 5) is 22.8. The van der Waals surface area contributed by atoms with Gasteiger partial charge in [-0.15, -0.1) is 0 Å². The summed E-state index contributed by atoms with van der Waals surface area (Å²) in [5.74, 6) is 1.27. The van der Waals surface area contributed by atoms with Crippen LogP contribution in [0.3, 0.4) is 0 Å². The van der Waals surface area contributed by atoms with E-state index in [0.717, 1.165) is 28.0 Å². The number of nitrogens with one attached hydrogen (secondary N) is 2. The standard InChI is InChI=1S/C41H40N6O5/c1-50-36-13-7-9-29(27-36)23-24-43-46-40(49)41(28-34-12-5-6-14-37(34)45-47-42)38(32-17-15-31(16-18-32)30-10-3-2-4-11-30)52-39(44-41)33-19-21-35(22-20-33)51-26-8-25-48/h2-7,9-22,27,38,43,48H,8,23-26,28H2,1H3,(H,46,49)/t38-,41-/m0/s1. The number of hydrogen-bond donors (Lipinski definition) is 3. The number of benzene rings is 5. The van der Waals surface area contributed by atoms with Gasteiger partial charge < -0.3 is 19.3 Å². The van der Waals surface area contributed by atoms with E-state index in [9.17, 15) is 10.3 Å². The van der Waals surface area contributed by atoms with E-state index < -0.39 is 17.6 Å². The second kappa shape index (κ2) is 17.2. The first-order valence-corrected chi connectivity index (χ1v) is 17.1. The van der Waals surface area contributed by atoms with E-state index in [0.29, 0.717) is 48.6 Å². The highest BCUT2D eigenvalue weighted by Gasteiger charge is 2.53.